The Hall–Kier alpha value is -2.20. The number of piperidine rings is 1. The summed E-state index contributed by atoms with van der Waals surface area (Å²) in [4.78, 5) is 64.7. The first-order valence-electron chi connectivity index (χ1n) is 16.9. The Morgan fingerprint density at radius 1 is 0.791 bits per heavy atom. The average Bonchev–Trinajstić information content (AvgIpc) is 3.75. The van der Waals surface area contributed by atoms with E-state index in [9.17, 15) is 19.2 Å². The molecule has 0 bridgehead atoms. The number of rotatable bonds is 9. The molecule has 5 atom stereocenters. The highest BCUT2D eigenvalue weighted by atomic mass is 16.2. The predicted molar refractivity (Wildman–Crippen MR) is 168 cm³/mol. The fraction of sp³-hybridized carbons (Fsp3) is 0.879. The summed E-state index contributed by atoms with van der Waals surface area (Å²) in [6, 6.07) is -1.59. The fourth-order valence-electron chi connectivity index (χ4n) is 7.63. The Bertz CT molecular complexity index is 1010. The van der Waals surface area contributed by atoms with Crippen molar-refractivity contribution >= 4 is 23.6 Å². The molecule has 5 unspecified atom stereocenters. The van der Waals surface area contributed by atoms with E-state index in [1.807, 2.05) is 49.6 Å². The second-order valence-corrected chi connectivity index (χ2v) is 14.9. The summed E-state index contributed by atoms with van der Waals surface area (Å²) >= 11 is 0. The second kappa shape index (κ2) is 14.3. The van der Waals surface area contributed by atoms with Crippen molar-refractivity contribution in [3.63, 3.8) is 0 Å². The standard InChI is InChI=1S/C33H58N6O4/c1-23(2)27(36(7)32(43)28(33(3,4)5)34-29(40)24-14-8-9-17-35(24)6)22-38-20-12-15-25(38)31(42)39-21-13-16-26(39)30(41)37-18-10-11-19-37/h23-28H,8-22H2,1-7H3,(H,34,40). The van der Waals surface area contributed by atoms with E-state index in [0.29, 0.717) is 13.1 Å². The largest absolute Gasteiger partial charge is 0.342 e. The highest BCUT2D eigenvalue weighted by Crippen LogP contribution is 2.29. The molecule has 0 radical (unpaired) electrons. The minimum absolute atomic E-state index is 0.0699. The van der Waals surface area contributed by atoms with Crippen molar-refractivity contribution < 1.29 is 19.2 Å². The summed E-state index contributed by atoms with van der Waals surface area (Å²) in [6.07, 6.45) is 8.32. The van der Waals surface area contributed by atoms with Crippen molar-refractivity contribution in [1.29, 1.82) is 0 Å². The molecule has 244 valence electrons. The highest BCUT2D eigenvalue weighted by Gasteiger charge is 2.44. The molecule has 10 nitrogen and oxygen atoms in total. The predicted octanol–water partition coefficient (Wildman–Crippen LogP) is 2.56. The zero-order valence-corrected chi connectivity index (χ0v) is 27.9. The minimum atomic E-state index is -0.653. The minimum Gasteiger partial charge on any atom is -0.342 e. The Morgan fingerprint density at radius 3 is 2.02 bits per heavy atom. The maximum Gasteiger partial charge on any atom is 0.245 e. The van der Waals surface area contributed by atoms with E-state index in [4.69, 9.17) is 0 Å². The van der Waals surface area contributed by atoms with Gasteiger partial charge in [-0.2, -0.15) is 0 Å². The summed E-state index contributed by atoms with van der Waals surface area (Å²) < 4.78 is 0. The van der Waals surface area contributed by atoms with Crippen LogP contribution in [-0.4, -0.2) is 132 Å². The monoisotopic (exact) mass is 602 g/mol. The van der Waals surface area contributed by atoms with Gasteiger partial charge in [0, 0.05) is 39.3 Å². The number of hydrogen-bond donors (Lipinski definition) is 1. The molecule has 43 heavy (non-hydrogen) atoms. The van der Waals surface area contributed by atoms with Gasteiger partial charge in [0.15, 0.2) is 0 Å². The molecule has 10 heteroatoms. The van der Waals surface area contributed by atoms with Crippen LogP contribution in [0.5, 0.6) is 0 Å². The van der Waals surface area contributed by atoms with Crippen LogP contribution in [0.25, 0.3) is 0 Å². The maximum atomic E-state index is 14.1. The third-order valence-corrected chi connectivity index (χ3v) is 10.4. The summed E-state index contributed by atoms with van der Waals surface area (Å²) in [7, 11) is 3.83. The van der Waals surface area contributed by atoms with Crippen LogP contribution in [-0.2, 0) is 19.2 Å². The van der Waals surface area contributed by atoms with Crippen LogP contribution in [0.15, 0.2) is 0 Å². The Kier molecular flexibility index (Phi) is 11.2. The lowest BCUT2D eigenvalue weighted by Crippen LogP contribution is -2.61. The van der Waals surface area contributed by atoms with Gasteiger partial charge in [0.05, 0.1) is 12.1 Å². The number of nitrogens with zero attached hydrogens (tertiary/aromatic N) is 5. The van der Waals surface area contributed by atoms with Gasteiger partial charge >= 0.3 is 0 Å². The molecule has 4 amide bonds. The van der Waals surface area contributed by atoms with Crippen LogP contribution < -0.4 is 5.32 Å². The van der Waals surface area contributed by atoms with Crippen molar-refractivity contribution in [3.8, 4) is 0 Å². The normalized spacial score (nSPS) is 27.0. The number of likely N-dealkylation sites (N-methyl/N-ethyl adjacent to an activating group) is 2. The third-order valence-electron chi connectivity index (χ3n) is 10.4. The number of carbonyl (C=O) groups is 4. The molecule has 0 aliphatic carbocycles. The van der Waals surface area contributed by atoms with Gasteiger partial charge in [-0.3, -0.25) is 29.0 Å². The van der Waals surface area contributed by atoms with Gasteiger partial charge in [0.25, 0.3) is 0 Å². The lowest BCUT2D eigenvalue weighted by atomic mass is 9.84. The molecule has 0 aromatic carbocycles. The quantitative estimate of drug-likeness (QED) is 0.436. The van der Waals surface area contributed by atoms with Crippen molar-refractivity contribution in [2.75, 3.05) is 53.4 Å². The Balaban J connectivity index is 1.45. The fourth-order valence-corrected chi connectivity index (χ4v) is 7.63. The molecule has 4 rings (SSSR count). The van der Waals surface area contributed by atoms with Crippen molar-refractivity contribution in [2.24, 2.45) is 11.3 Å². The van der Waals surface area contributed by atoms with E-state index in [1.165, 1.54) is 0 Å². The summed E-state index contributed by atoms with van der Waals surface area (Å²) in [5, 5.41) is 3.15. The molecule has 4 aliphatic rings. The lowest BCUT2D eigenvalue weighted by Gasteiger charge is -2.41. The number of carbonyl (C=O) groups excluding carboxylic acids is 4. The lowest BCUT2D eigenvalue weighted by molar-refractivity contribution is -0.146. The Labute approximate surface area is 259 Å². The van der Waals surface area contributed by atoms with Crippen LogP contribution in [0.1, 0.15) is 92.4 Å². The van der Waals surface area contributed by atoms with E-state index in [0.717, 1.165) is 84.0 Å². The third kappa shape index (κ3) is 7.72. The van der Waals surface area contributed by atoms with E-state index in [1.54, 1.807) is 0 Å². The number of hydrogen-bond acceptors (Lipinski definition) is 6. The van der Waals surface area contributed by atoms with Gasteiger partial charge in [0.1, 0.15) is 12.1 Å². The highest BCUT2D eigenvalue weighted by molar-refractivity contribution is 5.91. The van der Waals surface area contributed by atoms with E-state index in [-0.39, 0.29) is 53.7 Å². The van der Waals surface area contributed by atoms with Crippen LogP contribution in [0.4, 0.5) is 0 Å². The first kappa shape index (κ1) is 33.7. The smallest absolute Gasteiger partial charge is 0.245 e. The van der Waals surface area contributed by atoms with Crippen LogP contribution >= 0.6 is 0 Å². The van der Waals surface area contributed by atoms with Gasteiger partial charge in [-0.05, 0) is 82.8 Å². The van der Waals surface area contributed by atoms with Gasteiger partial charge in [-0.25, -0.2) is 0 Å². The molecule has 0 spiro atoms. The summed E-state index contributed by atoms with van der Waals surface area (Å²) in [5.41, 5.74) is -0.464. The first-order valence-corrected chi connectivity index (χ1v) is 16.9. The van der Waals surface area contributed by atoms with Crippen LogP contribution in [0.3, 0.4) is 0 Å². The van der Waals surface area contributed by atoms with Gasteiger partial charge in [-0.15, -0.1) is 0 Å². The second-order valence-electron chi connectivity index (χ2n) is 14.9. The molecule has 0 aromatic heterocycles. The summed E-state index contributed by atoms with van der Waals surface area (Å²) in [6.45, 7) is 14.8. The number of amides is 4. The van der Waals surface area contributed by atoms with Crippen LogP contribution in [0, 0.1) is 11.3 Å². The zero-order valence-electron chi connectivity index (χ0n) is 27.9. The SMILES string of the molecule is CC(C)C(CN1CCCC1C(=O)N1CCCC1C(=O)N1CCCC1)N(C)C(=O)C(NC(=O)C1CCCCN1C)C(C)(C)C. The summed E-state index contributed by atoms with van der Waals surface area (Å²) in [5.74, 6) is 0.186. The average molecular weight is 603 g/mol. The van der Waals surface area contributed by atoms with Crippen molar-refractivity contribution in [1.82, 2.24) is 29.8 Å². The Morgan fingerprint density at radius 2 is 1.40 bits per heavy atom. The van der Waals surface area contributed by atoms with E-state index < -0.39 is 11.5 Å². The maximum absolute atomic E-state index is 14.1. The van der Waals surface area contributed by atoms with Gasteiger partial charge in [0.2, 0.25) is 23.6 Å². The molecule has 4 aliphatic heterocycles. The number of likely N-dealkylation sites (tertiary alicyclic amines) is 4. The molecule has 1 N–H and O–H groups in total. The number of nitrogens with one attached hydrogen (secondary N) is 1. The van der Waals surface area contributed by atoms with E-state index in [2.05, 4.69) is 29.0 Å². The first-order chi connectivity index (χ1) is 20.3. The molecule has 4 fully saturated rings. The molecular weight excluding hydrogens is 544 g/mol. The zero-order chi connectivity index (χ0) is 31.5. The molecule has 4 saturated heterocycles. The van der Waals surface area contributed by atoms with Crippen LogP contribution in [0.2, 0.25) is 0 Å². The van der Waals surface area contributed by atoms with Crippen molar-refractivity contribution in [3.05, 3.63) is 0 Å². The topological polar surface area (TPSA) is 96.5 Å². The molecule has 0 saturated carbocycles. The van der Waals surface area contributed by atoms with Gasteiger partial charge < -0.3 is 20.0 Å². The van der Waals surface area contributed by atoms with Crippen molar-refractivity contribution in [2.45, 2.75) is 123 Å². The molecule has 4 heterocycles. The van der Waals surface area contributed by atoms with E-state index >= 15 is 0 Å². The molecule has 0 aromatic rings. The molecular formula is C33H58N6O4. The van der Waals surface area contributed by atoms with Gasteiger partial charge in [-0.1, -0.05) is 41.0 Å².